The number of hydrogen-bond donors (Lipinski definition) is 3. The van der Waals surface area contributed by atoms with Crippen LogP contribution in [0, 0.1) is 5.92 Å². The van der Waals surface area contributed by atoms with Gasteiger partial charge in [0, 0.05) is 24.9 Å². The first-order valence-corrected chi connectivity index (χ1v) is 12.6. The minimum absolute atomic E-state index is 0.0191. The number of Topliss-reactive ketones (excluding diaryl/α,β-unsaturated/α-hetero) is 1. The Morgan fingerprint density at radius 1 is 1.08 bits per heavy atom. The Morgan fingerprint density at radius 3 is 2.49 bits per heavy atom. The van der Waals surface area contributed by atoms with E-state index in [0.717, 1.165) is 11.1 Å². The third kappa shape index (κ3) is 6.89. The van der Waals surface area contributed by atoms with E-state index in [2.05, 4.69) is 31.3 Å². The molecule has 12 heteroatoms. The quantitative estimate of drug-likeness (QED) is 0.336. The number of alkyl halides is 1. The third-order valence-electron chi connectivity index (χ3n) is 6.59. The highest BCUT2D eigenvalue weighted by Crippen LogP contribution is 2.32. The molecular formula is C27H30FN7O4. The van der Waals surface area contributed by atoms with Crippen LogP contribution in [0.1, 0.15) is 37.2 Å². The fourth-order valence-corrected chi connectivity index (χ4v) is 4.59. The summed E-state index contributed by atoms with van der Waals surface area (Å²) in [6.45, 7) is 2.01. The van der Waals surface area contributed by atoms with Crippen molar-refractivity contribution in [3.8, 4) is 0 Å². The van der Waals surface area contributed by atoms with Crippen molar-refractivity contribution in [2.45, 2.75) is 51.4 Å². The summed E-state index contributed by atoms with van der Waals surface area (Å²) in [5.41, 5.74) is 0.116. The number of benzene rings is 2. The molecule has 39 heavy (non-hydrogen) atoms. The van der Waals surface area contributed by atoms with Gasteiger partial charge in [-0.1, -0.05) is 53.7 Å². The zero-order chi connectivity index (χ0) is 28.0. The number of ketones is 1. The number of anilines is 1. The summed E-state index contributed by atoms with van der Waals surface area (Å²) in [5.74, 6) is -3.01. The van der Waals surface area contributed by atoms with Gasteiger partial charge in [-0.3, -0.25) is 24.1 Å². The van der Waals surface area contributed by atoms with Crippen LogP contribution in [0.15, 0.2) is 54.6 Å². The number of nitrogens with zero attached hydrogens (tertiary/aromatic N) is 4. The van der Waals surface area contributed by atoms with E-state index in [4.69, 9.17) is 0 Å². The average Bonchev–Trinajstić information content (AvgIpc) is 3.57. The lowest BCUT2D eigenvalue weighted by atomic mass is 9.86. The number of fused-ring (bicyclic) bond motifs is 1. The molecule has 2 heterocycles. The second kappa shape index (κ2) is 11.9. The highest BCUT2D eigenvalue weighted by molar-refractivity contribution is 6.05. The van der Waals surface area contributed by atoms with Crippen molar-refractivity contribution in [3.05, 3.63) is 71.5 Å². The van der Waals surface area contributed by atoms with Gasteiger partial charge in [-0.15, -0.1) is 10.2 Å². The van der Waals surface area contributed by atoms with Gasteiger partial charge in [0.05, 0.1) is 19.0 Å². The molecule has 204 valence electrons. The molecule has 0 fully saturated rings. The number of halogens is 1. The number of nitrogens with one attached hydrogen (secondary N) is 3. The molecule has 0 saturated heterocycles. The molecule has 0 saturated carbocycles. The maximum absolute atomic E-state index is 15.0. The SMILES string of the molecule is CC(C)(F)C(CC(=O)Cc1ccccc1)C(=O)NCC(=O)N1c2ccccc2C[C@H]1C(=O)NCc1nn[nH]n1. The van der Waals surface area contributed by atoms with E-state index >= 15 is 4.39 Å². The second-order valence-electron chi connectivity index (χ2n) is 9.90. The molecule has 3 N–H and O–H groups in total. The highest BCUT2D eigenvalue weighted by atomic mass is 19.1. The van der Waals surface area contributed by atoms with Crippen LogP contribution in [0.3, 0.4) is 0 Å². The summed E-state index contributed by atoms with van der Waals surface area (Å²) < 4.78 is 15.0. The number of aromatic amines is 1. The first kappa shape index (κ1) is 27.6. The Hall–Kier alpha value is -4.48. The molecule has 3 amide bonds. The average molecular weight is 536 g/mol. The van der Waals surface area contributed by atoms with Crippen LogP contribution < -0.4 is 15.5 Å². The number of H-pyrrole nitrogens is 1. The number of rotatable bonds is 11. The van der Waals surface area contributed by atoms with E-state index in [-0.39, 0.29) is 37.4 Å². The standard InChI is InChI=1S/C27H30FN7O4/c1-27(2,28)20(14-19(36)12-17-8-4-3-5-9-17)25(38)30-16-24(37)35-21-11-7-6-10-18(21)13-22(35)26(39)29-15-23-31-33-34-32-23/h3-11,20,22H,12-16H2,1-2H3,(H,29,39)(H,30,38)(H,31,32,33,34)/t20?,22-/m0/s1. The van der Waals surface area contributed by atoms with Crippen LogP contribution in [0.25, 0.3) is 0 Å². The van der Waals surface area contributed by atoms with Crippen LogP contribution in [-0.4, -0.2) is 62.4 Å². The van der Waals surface area contributed by atoms with Crippen molar-refractivity contribution in [2.24, 2.45) is 5.92 Å². The van der Waals surface area contributed by atoms with Crippen LogP contribution in [0.4, 0.5) is 10.1 Å². The fourth-order valence-electron chi connectivity index (χ4n) is 4.59. The van der Waals surface area contributed by atoms with Crippen molar-refractivity contribution >= 4 is 29.2 Å². The van der Waals surface area contributed by atoms with Gasteiger partial charge in [-0.25, -0.2) is 4.39 Å². The molecular weight excluding hydrogens is 505 g/mol. The van der Waals surface area contributed by atoms with Gasteiger partial charge in [0.1, 0.15) is 17.5 Å². The summed E-state index contributed by atoms with van der Waals surface area (Å²) in [6.07, 6.45) is 0.0407. The van der Waals surface area contributed by atoms with Gasteiger partial charge in [-0.2, -0.15) is 5.21 Å². The van der Waals surface area contributed by atoms with Crippen molar-refractivity contribution in [2.75, 3.05) is 11.4 Å². The summed E-state index contributed by atoms with van der Waals surface area (Å²) in [7, 11) is 0. The van der Waals surface area contributed by atoms with Gasteiger partial charge < -0.3 is 10.6 Å². The highest BCUT2D eigenvalue weighted by Gasteiger charge is 2.40. The third-order valence-corrected chi connectivity index (χ3v) is 6.59. The largest absolute Gasteiger partial charge is 0.347 e. The van der Waals surface area contributed by atoms with Crippen molar-refractivity contribution in [1.29, 1.82) is 0 Å². The molecule has 0 spiro atoms. The smallest absolute Gasteiger partial charge is 0.247 e. The lowest BCUT2D eigenvalue weighted by molar-refractivity contribution is -0.135. The normalized spacial score (nSPS) is 15.4. The van der Waals surface area contributed by atoms with E-state index in [0.29, 0.717) is 5.69 Å². The molecule has 11 nitrogen and oxygen atoms in total. The number of amides is 3. The Balaban J connectivity index is 1.41. The number of para-hydroxylation sites is 1. The van der Waals surface area contributed by atoms with Gasteiger partial charge in [0.25, 0.3) is 0 Å². The molecule has 4 rings (SSSR count). The zero-order valence-corrected chi connectivity index (χ0v) is 21.7. The molecule has 0 radical (unpaired) electrons. The van der Waals surface area contributed by atoms with Crippen LogP contribution in [0.2, 0.25) is 0 Å². The molecule has 2 atom stereocenters. The van der Waals surface area contributed by atoms with E-state index in [1.54, 1.807) is 36.4 Å². The maximum Gasteiger partial charge on any atom is 0.247 e. The minimum Gasteiger partial charge on any atom is -0.347 e. The first-order chi connectivity index (χ1) is 18.6. The Morgan fingerprint density at radius 2 is 1.79 bits per heavy atom. The second-order valence-corrected chi connectivity index (χ2v) is 9.90. The van der Waals surface area contributed by atoms with E-state index < -0.39 is 41.9 Å². The monoisotopic (exact) mass is 535 g/mol. The molecule has 1 aliphatic heterocycles. The zero-order valence-electron chi connectivity index (χ0n) is 21.7. The molecule has 1 unspecified atom stereocenters. The van der Waals surface area contributed by atoms with Gasteiger partial charge in [-0.05, 0) is 31.0 Å². The van der Waals surface area contributed by atoms with Crippen LogP contribution in [0.5, 0.6) is 0 Å². The lowest BCUT2D eigenvalue weighted by Gasteiger charge is -2.27. The van der Waals surface area contributed by atoms with Crippen LogP contribution in [-0.2, 0) is 38.6 Å². The molecule has 1 aromatic heterocycles. The Labute approximate surface area is 224 Å². The van der Waals surface area contributed by atoms with Gasteiger partial charge >= 0.3 is 0 Å². The van der Waals surface area contributed by atoms with E-state index in [1.807, 2.05) is 18.2 Å². The number of carbonyl (C=O) groups excluding carboxylic acids is 4. The molecule has 1 aliphatic rings. The van der Waals surface area contributed by atoms with Gasteiger partial charge in [0.2, 0.25) is 17.7 Å². The maximum atomic E-state index is 15.0. The summed E-state index contributed by atoms with van der Waals surface area (Å²) in [4.78, 5) is 53.3. The van der Waals surface area contributed by atoms with Crippen molar-refractivity contribution in [3.63, 3.8) is 0 Å². The fraction of sp³-hybridized carbons (Fsp3) is 0.370. The Kier molecular flexibility index (Phi) is 8.43. The topological polar surface area (TPSA) is 150 Å². The summed E-state index contributed by atoms with van der Waals surface area (Å²) in [5, 5.41) is 18.5. The number of carbonyl (C=O) groups is 4. The molecule has 3 aromatic rings. The molecule has 2 aromatic carbocycles. The number of hydrogen-bond acceptors (Lipinski definition) is 7. The lowest BCUT2D eigenvalue weighted by Crippen LogP contribution is -2.52. The van der Waals surface area contributed by atoms with Crippen molar-refractivity contribution in [1.82, 2.24) is 31.3 Å². The minimum atomic E-state index is -2.00. The summed E-state index contributed by atoms with van der Waals surface area (Å²) in [6, 6.07) is 15.2. The van der Waals surface area contributed by atoms with Crippen LogP contribution >= 0.6 is 0 Å². The molecule has 0 bridgehead atoms. The van der Waals surface area contributed by atoms with Crippen molar-refractivity contribution < 1.29 is 23.6 Å². The molecule has 0 aliphatic carbocycles. The predicted molar refractivity (Wildman–Crippen MR) is 139 cm³/mol. The predicted octanol–water partition coefficient (Wildman–Crippen LogP) is 1.46. The number of aromatic nitrogens is 4. The first-order valence-electron chi connectivity index (χ1n) is 12.6. The summed E-state index contributed by atoms with van der Waals surface area (Å²) >= 11 is 0. The van der Waals surface area contributed by atoms with E-state index in [9.17, 15) is 19.2 Å². The Bertz CT molecular complexity index is 1330. The van der Waals surface area contributed by atoms with E-state index in [1.165, 1.54) is 18.7 Å². The van der Waals surface area contributed by atoms with Gasteiger partial charge in [0.15, 0.2) is 5.82 Å². The number of tetrazole rings is 1.